The quantitative estimate of drug-likeness (QED) is 0.715. The van der Waals surface area contributed by atoms with Crippen LogP contribution in [0, 0.1) is 0 Å². The number of hydrogen-bond acceptors (Lipinski definition) is 5. The number of amides is 1. The number of carbonyl (C=O) groups is 1. The summed E-state index contributed by atoms with van der Waals surface area (Å²) < 4.78 is 6.71. The SMILES string of the molecule is COc1ccc(C(=O)N(C)C(C)c2ccc(-n3cncn3)cc2)cn1. The Hall–Kier alpha value is -3.22. The molecule has 3 aromatic rings. The summed E-state index contributed by atoms with van der Waals surface area (Å²) in [6.45, 7) is 1.99. The van der Waals surface area contributed by atoms with E-state index in [-0.39, 0.29) is 11.9 Å². The molecule has 0 aliphatic rings. The van der Waals surface area contributed by atoms with E-state index in [9.17, 15) is 4.79 Å². The fraction of sp³-hybridized carbons (Fsp3) is 0.222. The highest BCUT2D eigenvalue weighted by atomic mass is 16.5. The van der Waals surface area contributed by atoms with Crippen molar-refractivity contribution in [2.75, 3.05) is 14.2 Å². The van der Waals surface area contributed by atoms with Gasteiger partial charge >= 0.3 is 0 Å². The van der Waals surface area contributed by atoms with Gasteiger partial charge in [0.2, 0.25) is 5.88 Å². The molecule has 0 fully saturated rings. The van der Waals surface area contributed by atoms with E-state index in [2.05, 4.69) is 15.1 Å². The number of benzene rings is 1. The zero-order valence-corrected chi connectivity index (χ0v) is 14.3. The molecule has 0 N–H and O–H groups in total. The molecule has 3 rings (SSSR count). The number of methoxy groups -OCH3 is 1. The topological polar surface area (TPSA) is 73.1 Å². The number of ether oxygens (including phenoxy) is 1. The van der Waals surface area contributed by atoms with E-state index >= 15 is 0 Å². The highest BCUT2D eigenvalue weighted by Gasteiger charge is 2.19. The van der Waals surface area contributed by atoms with E-state index < -0.39 is 0 Å². The van der Waals surface area contributed by atoms with Crippen LogP contribution in [0.5, 0.6) is 5.88 Å². The number of pyridine rings is 1. The summed E-state index contributed by atoms with van der Waals surface area (Å²) >= 11 is 0. The maximum atomic E-state index is 12.6. The highest BCUT2D eigenvalue weighted by molar-refractivity contribution is 5.94. The lowest BCUT2D eigenvalue weighted by Crippen LogP contribution is -2.29. The summed E-state index contributed by atoms with van der Waals surface area (Å²) in [4.78, 5) is 22.3. The molecule has 1 aromatic carbocycles. The van der Waals surface area contributed by atoms with Crippen molar-refractivity contribution in [3.05, 3.63) is 66.4 Å². The van der Waals surface area contributed by atoms with Gasteiger partial charge in [0.05, 0.1) is 24.4 Å². The molecule has 0 radical (unpaired) electrons. The lowest BCUT2D eigenvalue weighted by Gasteiger charge is -2.25. The molecule has 0 aliphatic heterocycles. The molecule has 1 atom stereocenters. The van der Waals surface area contributed by atoms with Gasteiger partial charge in [-0.05, 0) is 30.7 Å². The molecule has 7 nitrogen and oxygen atoms in total. The number of aromatic nitrogens is 4. The molecule has 1 amide bonds. The molecule has 25 heavy (non-hydrogen) atoms. The van der Waals surface area contributed by atoms with Gasteiger partial charge in [0, 0.05) is 19.3 Å². The Bertz CT molecular complexity index is 829. The number of hydrogen-bond donors (Lipinski definition) is 0. The number of rotatable bonds is 5. The standard InChI is InChI=1S/C18H19N5O2/c1-13(14-4-7-16(8-5-14)23-12-19-11-21-23)22(2)18(24)15-6-9-17(25-3)20-10-15/h4-13H,1-3H3. The first kappa shape index (κ1) is 16.6. The number of carbonyl (C=O) groups excluding carboxylic acids is 1. The number of nitrogens with zero attached hydrogens (tertiary/aromatic N) is 5. The summed E-state index contributed by atoms with van der Waals surface area (Å²) in [5.41, 5.74) is 2.47. The molecule has 2 heterocycles. The molecule has 7 heteroatoms. The minimum atomic E-state index is -0.0944. The van der Waals surface area contributed by atoms with Crippen LogP contribution in [0.1, 0.15) is 28.9 Å². The minimum Gasteiger partial charge on any atom is -0.481 e. The van der Waals surface area contributed by atoms with E-state index in [0.29, 0.717) is 11.4 Å². The van der Waals surface area contributed by atoms with Crippen LogP contribution in [0.4, 0.5) is 0 Å². The van der Waals surface area contributed by atoms with Gasteiger partial charge in [-0.3, -0.25) is 4.79 Å². The minimum absolute atomic E-state index is 0.0839. The molecule has 0 bridgehead atoms. The first-order valence-corrected chi connectivity index (χ1v) is 7.82. The average molecular weight is 337 g/mol. The molecule has 0 saturated heterocycles. The molecular formula is C18H19N5O2. The van der Waals surface area contributed by atoms with Crippen LogP contribution < -0.4 is 4.74 Å². The van der Waals surface area contributed by atoms with E-state index in [1.165, 1.54) is 12.5 Å². The second kappa shape index (κ2) is 7.12. The normalized spacial score (nSPS) is 11.8. The summed E-state index contributed by atoms with van der Waals surface area (Å²) in [7, 11) is 3.32. The van der Waals surface area contributed by atoms with Gasteiger partial charge in [-0.15, -0.1) is 0 Å². The monoisotopic (exact) mass is 337 g/mol. The van der Waals surface area contributed by atoms with Crippen LogP contribution in [0.25, 0.3) is 5.69 Å². The predicted molar refractivity (Wildman–Crippen MR) is 92.7 cm³/mol. The lowest BCUT2D eigenvalue weighted by molar-refractivity contribution is 0.0742. The zero-order chi connectivity index (χ0) is 17.8. The van der Waals surface area contributed by atoms with Crippen molar-refractivity contribution < 1.29 is 9.53 Å². The van der Waals surface area contributed by atoms with Crippen molar-refractivity contribution in [3.8, 4) is 11.6 Å². The molecule has 1 unspecified atom stereocenters. The van der Waals surface area contributed by atoms with Gasteiger partial charge in [-0.2, -0.15) is 5.10 Å². The van der Waals surface area contributed by atoms with Crippen LogP contribution in [0.2, 0.25) is 0 Å². The second-order valence-electron chi connectivity index (χ2n) is 5.61. The van der Waals surface area contributed by atoms with Gasteiger partial charge in [0.1, 0.15) is 12.7 Å². The van der Waals surface area contributed by atoms with Crippen molar-refractivity contribution in [3.63, 3.8) is 0 Å². The maximum absolute atomic E-state index is 12.6. The first-order valence-electron chi connectivity index (χ1n) is 7.82. The summed E-state index contributed by atoms with van der Waals surface area (Å²) in [6.07, 6.45) is 4.66. The maximum Gasteiger partial charge on any atom is 0.255 e. The smallest absolute Gasteiger partial charge is 0.255 e. The Balaban J connectivity index is 1.74. The fourth-order valence-corrected chi connectivity index (χ4v) is 2.48. The third kappa shape index (κ3) is 3.50. The Morgan fingerprint density at radius 2 is 1.96 bits per heavy atom. The van der Waals surface area contributed by atoms with Crippen LogP contribution in [-0.2, 0) is 0 Å². The van der Waals surface area contributed by atoms with E-state index in [1.807, 2.05) is 31.2 Å². The summed E-state index contributed by atoms with van der Waals surface area (Å²) in [6, 6.07) is 11.2. The third-order valence-electron chi connectivity index (χ3n) is 4.15. The van der Waals surface area contributed by atoms with E-state index in [1.54, 1.807) is 42.2 Å². The van der Waals surface area contributed by atoms with Crippen LogP contribution in [0.15, 0.2) is 55.2 Å². The van der Waals surface area contributed by atoms with Crippen LogP contribution in [0.3, 0.4) is 0 Å². The Kier molecular flexibility index (Phi) is 4.74. The van der Waals surface area contributed by atoms with E-state index in [4.69, 9.17) is 4.74 Å². The molecule has 0 spiro atoms. The van der Waals surface area contributed by atoms with E-state index in [0.717, 1.165) is 11.3 Å². The fourth-order valence-electron chi connectivity index (χ4n) is 2.48. The van der Waals surface area contributed by atoms with Crippen molar-refractivity contribution in [1.29, 1.82) is 0 Å². The van der Waals surface area contributed by atoms with Crippen LogP contribution in [-0.4, -0.2) is 44.7 Å². The van der Waals surface area contributed by atoms with Gasteiger partial charge < -0.3 is 9.64 Å². The average Bonchev–Trinajstić information content (AvgIpc) is 3.21. The summed E-state index contributed by atoms with van der Waals surface area (Å²) in [5.74, 6) is 0.388. The summed E-state index contributed by atoms with van der Waals surface area (Å²) in [5, 5.41) is 4.10. The molecular weight excluding hydrogens is 318 g/mol. The van der Waals surface area contributed by atoms with Crippen LogP contribution >= 0.6 is 0 Å². The molecule has 2 aromatic heterocycles. The zero-order valence-electron chi connectivity index (χ0n) is 14.3. The van der Waals surface area contributed by atoms with Gasteiger partial charge in [-0.1, -0.05) is 12.1 Å². The predicted octanol–water partition coefficient (Wildman–Crippen LogP) is 2.50. The van der Waals surface area contributed by atoms with Gasteiger partial charge in [-0.25, -0.2) is 14.6 Å². The Morgan fingerprint density at radius 3 is 2.52 bits per heavy atom. The van der Waals surface area contributed by atoms with Crippen molar-refractivity contribution in [2.24, 2.45) is 0 Å². The largest absolute Gasteiger partial charge is 0.481 e. The Morgan fingerprint density at radius 1 is 1.20 bits per heavy atom. The second-order valence-corrected chi connectivity index (χ2v) is 5.61. The lowest BCUT2D eigenvalue weighted by atomic mass is 10.1. The third-order valence-corrected chi connectivity index (χ3v) is 4.15. The van der Waals surface area contributed by atoms with Crippen molar-refractivity contribution in [1.82, 2.24) is 24.6 Å². The Labute approximate surface area is 145 Å². The van der Waals surface area contributed by atoms with Crippen molar-refractivity contribution in [2.45, 2.75) is 13.0 Å². The van der Waals surface area contributed by atoms with Gasteiger partial charge in [0.25, 0.3) is 5.91 Å². The molecule has 0 saturated carbocycles. The highest BCUT2D eigenvalue weighted by Crippen LogP contribution is 2.22. The van der Waals surface area contributed by atoms with Crippen molar-refractivity contribution >= 4 is 5.91 Å². The first-order chi connectivity index (χ1) is 12.1. The van der Waals surface area contributed by atoms with Gasteiger partial charge in [0.15, 0.2) is 0 Å². The molecule has 0 aliphatic carbocycles. The molecule has 128 valence electrons.